The molecule has 2 aromatic rings. The predicted octanol–water partition coefficient (Wildman–Crippen LogP) is 3.59. The van der Waals surface area contributed by atoms with Gasteiger partial charge in [0, 0.05) is 11.4 Å². The Morgan fingerprint density at radius 3 is 1.50 bits per heavy atom. The predicted molar refractivity (Wildman–Crippen MR) is 70.2 cm³/mol. The Balaban J connectivity index is 2.44. The van der Waals surface area contributed by atoms with Gasteiger partial charge in [-0.2, -0.15) is 0 Å². The van der Waals surface area contributed by atoms with Gasteiger partial charge in [0.15, 0.2) is 0 Å². The van der Waals surface area contributed by atoms with Crippen LogP contribution in [-0.2, 0) is 0 Å². The molecule has 16 heavy (non-hydrogen) atoms. The maximum absolute atomic E-state index is 7.82. The Morgan fingerprint density at radius 1 is 0.812 bits per heavy atom. The average molecular weight is 231 g/mol. The molecule has 0 heterocycles. The Labute approximate surface area is 95.9 Å². The molecule has 82 valence electrons. The van der Waals surface area contributed by atoms with E-state index in [1.165, 1.54) is 0 Å². The molecule has 0 saturated carbocycles. The summed E-state index contributed by atoms with van der Waals surface area (Å²) in [7, 11) is -1.79. The monoisotopic (exact) mass is 231 g/mol. The fourth-order valence-corrected chi connectivity index (χ4v) is 2.44. The quantitative estimate of drug-likeness (QED) is 0.793. The molecule has 0 saturated heterocycles. The Morgan fingerprint density at radius 2 is 1.19 bits per heavy atom. The topological polar surface area (TPSA) is 53.1 Å². The highest BCUT2D eigenvalue weighted by Gasteiger charge is 2.08. The van der Waals surface area contributed by atoms with E-state index in [1.54, 1.807) is 0 Å². The second-order valence-electron chi connectivity index (χ2n) is 3.39. The van der Waals surface area contributed by atoms with E-state index in [-0.39, 0.29) is 0 Å². The second kappa shape index (κ2) is 4.97. The summed E-state index contributed by atoms with van der Waals surface area (Å²) in [6.07, 6.45) is 0. The fourth-order valence-electron chi connectivity index (χ4n) is 1.58. The van der Waals surface area contributed by atoms with Crippen molar-refractivity contribution in [2.75, 3.05) is 4.67 Å². The number of hydrogen-bond donors (Lipinski definition) is 2. The highest BCUT2D eigenvalue weighted by molar-refractivity contribution is 7.45. The molecule has 0 aliphatic rings. The highest BCUT2D eigenvalue weighted by Crippen LogP contribution is 2.36. The van der Waals surface area contributed by atoms with Crippen molar-refractivity contribution in [3.8, 4) is 0 Å². The molecule has 0 aliphatic heterocycles. The van der Waals surface area contributed by atoms with Gasteiger partial charge in [-0.25, -0.2) is 0 Å². The Bertz CT molecular complexity index is 431. The molecule has 2 rings (SSSR count). The molecule has 0 amide bonds. The van der Waals surface area contributed by atoms with E-state index in [0.29, 0.717) is 0 Å². The van der Waals surface area contributed by atoms with Crippen molar-refractivity contribution in [1.29, 1.82) is 5.16 Å². The maximum Gasteiger partial charge on any atom is 0.104 e. The number of para-hydroxylation sites is 2. The lowest BCUT2D eigenvalue weighted by molar-refractivity contribution is 1.38. The molecule has 2 aromatic carbocycles. The van der Waals surface area contributed by atoms with Crippen LogP contribution in [0.25, 0.3) is 0 Å². The number of anilines is 2. The molecular weight excluding hydrogens is 217 g/mol. The lowest BCUT2D eigenvalue weighted by Crippen LogP contribution is -2.09. The van der Waals surface area contributed by atoms with Gasteiger partial charge in [0.1, 0.15) is 8.01 Å². The molecule has 0 spiro atoms. The number of nitrogens with zero attached hydrogens (tertiary/aromatic N) is 1. The third kappa shape index (κ3) is 2.32. The zero-order valence-corrected chi connectivity index (χ0v) is 9.80. The first kappa shape index (κ1) is 10.9. The van der Waals surface area contributed by atoms with Crippen LogP contribution in [0.4, 0.5) is 11.4 Å². The molecule has 0 bridgehead atoms. The summed E-state index contributed by atoms with van der Waals surface area (Å²) < 4.78 is 1.88. The normalized spacial score (nSPS) is 12.1. The molecule has 0 aliphatic carbocycles. The summed E-state index contributed by atoms with van der Waals surface area (Å²) in [4.78, 5) is 0. The molecule has 4 heteroatoms. The van der Waals surface area contributed by atoms with E-state index in [4.69, 9.17) is 10.7 Å². The van der Waals surface area contributed by atoms with E-state index in [0.717, 1.165) is 11.4 Å². The van der Waals surface area contributed by atoms with E-state index in [2.05, 4.69) is 0 Å². The zero-order chi connectivity index (χ0) is 11.4. The molecule has 0 fully saturated rings. The lowest BCUT2D eigenvalue weighted by Gasteiger charge is -2.24. The first-order valence-corrected chi connectivity index (χ1v) is 6.56. The first-order valence-electron chi connectivity index (χ1n) is 5.03. The highest BCUT2D eigenvalue weighted by atomic mass is 31.1. The minimum atomic E-state index is -1.79. The van der Waals surface area contributed by atoms with Gasteiger partial charge in [0.2, 0.25) is 0 Å². The molecule has 0 aromatic heterocycles. The van der Waals surface area contributed by atoms with Crippen molar-refractivity contribution >= 4 is 19.4 Å². The van der Waals surface area contributed by atoms with Crippen molar-refractivity contribution < 1.29 is 0 Å². The van der Waals surface area contributed by atoms with Crippen molar-refractivity contribution in [2.24, 2.45) is 5.50 Å². The number of benzene rings is 2. The van der Waals surface area contributed by atoms with Gasteiger partial charge >= 0.3 is 0 Å². The van der Waals surface area contributed by atoms with Crippen molar-refractivity contribution in [2.45, 2.75) is 0 Å². The summed E-state index contributed by atoms with van der Waals surface area (Å²) in [5.74, 6) is 0. The van der Waals surface area contributed by atoms with Crippen molar-refractivity contribution in [3.05, 3.63) is 60.7 Å². The number of hydrogen-bond acceptors (Lipinski definition) is 1. The number of nitrogens with one attached hydrogen (secondary N) is 1. The van der Waals surface area contributed by atoms with Gasteiger partial charge in [-0.15, -0.1) is 0 Å². The van der Waals surface area contributed by atoms with Crippen LogP contribution in [0.15, 0.2) is 60.7 Å². The smallest absolute Gasteiger partial charge is 0.104 e. The van der Waals surface area contributed by atoms with Crippen LogP contribution in [0.5, 0.6) is 0 Å². The van der Waals surface area contributed by atoms with Crippen LogP contribution < -0.4 is 10.2 Å². The van der Waals surface area contributed by atoms with Crippen LogP contribution in [0.2, 0.25) is 0 Å². The van der Waals surface area contributed by atoms with Gasteiger partial charge in [0.05, 0.1) is 0 Å². The Hall–Kier alpha value is -1.57. The second-order valence-corrected chi connectivity index (χ2v) is 4.61. The van der Waals surface area contributed by atoms with Crippen molar-refractivity contribution in [3.63, 3.8) is 0 Å². The molecule has 3 N–H and O–H groups in total. The van der Waals surface area contributed by atoms with Gasteiger partial charge in [-0.3, -0.25) is 15.3 Å². The molecular formula is C12H14N3P. The van der Waals surface area contributed by atoms with E-state index >= 15 is 0 Å². The van der Waals surface area contributed by atoms with Crippen LogP contribution in [0, 0.1) is 5.16 Å². The average Bonchev–Trinajstić information content (AvgIpc) is 2.31. The van der Waals surface area contributed by atoms with Gasteiger partial charge < -0.3 is 0 Å². The summed E-state index contributed by atoms with van der Waals surface area (Å²) in [5.41, 5.74) is 7.74. The summed E-state index contributed by atoms with van der Waals surface area (Å²) >= 11 is 0. The summed E-state index contributed by atoms with van der Waals surface area (Å²) in [5, 5.41) is 7.82. The largest absolute Gasteiger partial charge is 0.298 e. The first-order chi connectivity index (χ1) is 7.79. The summed E-state index contributed by atoms with van der Waals surface area (Å²) in [6, 6.07) is 19.6. The maximum atomic E-state index is 7.82. The van der Waals surface area contributed by atoms with E-state index in [1.807, 2.05) is 65.3 Å². The van der Waals surface area contributed by atoms with Gasteiger partial charge in [0.25, 0.3) is 0 Å². The van der Waals surface area contributed by atoms with Crippen LogP contribution in [0.1, 0.15) is 0 Å². The molecule has 1 unspecified atom stereocenters. The van der Waals surface area contributed by atoms with Crippen molar-refractivity contribution in [1.82, 2.24) is 0 Å². The van der Waals surface area contributed by atoms with Gasteiger partial charge in [-0.1, -0.05) is 36.4 Å². The minimum Gasteiger partial charge on any atom is -0.298 e. The molecule has 3 nitrogen and oxygen atoms in total. The van der Waals surface area contributed by atoms with E-state index in [9.17, 15) is 0 Å². The lowest BCUT2D eigenvalue weighted by atomic mass is 10.3. The Kier molecular flexibility index (Phi) is 3.40. The van der Waals surface area contributed by atoms with Gasteiger partial charge in [-0.05, 0) is 24.3 Å². The van der Waals surface area contributed by atoms with Crippen LogP contribution in [0.3, 0.4) is 0 Å². The van der Waals surface area contributed by atoms with Crippen LogP contribution >= 0.6 is 8.01 Å². The standard InChI is InChI=1S/C12H14N3P/c13-16(14)15(11-7-3-1-4-8-11)12-9-5-2-6-10-12/h1-10,16H,(H3,13,14). The molecule has 1 atom stereocenters. The third-order valence-electron chi connectivity index (χ3n) is 2.27. The van der Waals surface area contributed by atoms with E-state index < -0.39 is 8.01 Å². The minimum absolute atomic E-state index is 0.972. The number of rotatable bonds is 3. The SMILES string of the molecule is N=[PH](N)N(c1ccccc1)c1ccccc1. The van der Waals surface area contributed by atoms with Crippen LogP contribution in [-0.4, -0.2) is 0 Å². The number of nitrogens with two attached hydrogens (primary N) is 1. The zero-order valence-electron chi connectivity index (χ0n) is 8.80. The molecule has 0 radical (unpaired) electrons. The summed E-state index contributed by atoms with van der Waals surface area (Å²) in [6.45, 7) is 0. The third-order valence-corrected chi connectivity index (χ3v) is 3.27. The fraction of sp³-hybridized carbons (Fsp3) is 0.